The molecule has 0 saturated carbocycles. The van der Waals surface area contributed by atoms with Gasteiger partial charge in [-0.2, -0.15) is 0 Å². The summed E-state index contributed by atoms with van der Waals surface area (Å²) in [4.78, 5) is 12.6. The van der Waals surface area contributed by atoms with Crippen molar-refractivity contribution in [2.45, 2.75) is 45.2 Å². The lowest BCUT2D eigenvalue weighted by Crippen LogP contribution is -2.56. The number of halogens is 2. The fraction of sp³-hybridized carbons (Fsp3) is 0.346. The molecule has 9 heteroatoms. The molecule has 1 aliphatic heterocycles. The molecule has 3 unspecified atom stereocenters. The quantitative estimate of drug-likeness (QED) is 0.286. The SMILES string of the molecule is CC(C)(C)C(O[Si](c1ccccc1)c1ccccc1)C1(F)COC(n2cnc3c(Cl)ncnc32)C1. The number of benzene rings is 2. The van der Waals surface area contributed by atoms with Gasteiger partial charge in [-0.1, -0.05) is 93.0 Å². The molecule has 5 rings (SSSR count). The van der Waals surface area contributed by atoms with Gasteiger partial charge in [-0.3, -0.25) is 4.57 Å². The second-order valence-electron chi connectivity index (χ2n) is 9.92. The zero-order valence-electron chi connectivity index (χ0n) is 19.9. The van der Waals surface area contributed by atoms with Gasteiger partial charge in [0.05, 0.1) is 19.0 Å². The van der Waals surface area contributed by atoms with Crippen molar-refractivity contribution in [2.75, 3.05) is 6.61 Å². The molecule has 6 nitrogen and oxygen atoms in total. The van der Waals surface area contributed by atoms with Gasteiger partial charge in [-0.25, -0.2) is 19.3 Å². The maximum Gasteiger partial charge on any atom is 0.283 e. The van der Waals surface area contributed by atoms with E-state index in [1.54, 1.807) is 10.9 Å². The average molecular weight is 510 g/mol. The molecular formula is C26H27ClFN4O2Si. The first-order valence-corrected chi connectivity index (χ1v) is 13.3. The van der Waals surface area contributed by atoms with Crippen molar-refractivity contribution >= 4 is 42.2 Å². The van der Waals surface area contributed by atoms with Gasteiger partial charge >= 0.3 is 0 Å². The number of aromatic nitrogens is 4. The van der Waals surface area contributed by atoms with E-state index in [1.165, 1.54) is 6.33 Å². The fourth-order valence-electron chi connectivity index (χ4n) is 4.70. The monoisotopic (exact) mass is 509 g/mol. The molecule has 181 valence electrons. The molecule has 0 N–H and O–H groups in total. The number of imidazole rings is 1. The molecule has 35 heavy (non-hydrogen) atoms. The third kappa shape index (κ3) is 4.76. The number of fused-ring (bicyclic) bond motifs is 1. The summed E-state index contributed by atoms with van der Waals surface area (Å²) < 4.78 is 31.4. The van der Waals surface area contributed by atoms with Crippen LogP contribution in [0.3, 0.4) is 0 Å². The Labute approximate surface area is 210 Å². The Balaban J connectivity index is 1.48. The Morgan fingerprint density at radius 2 is 1.69 bits per heavy atom. The molecule has 2 aromatic heterocycles. The highest BCUT2D eigenvalue weighted by Crippen LogP contribution is 2.44. The first-order chi connectivity index (χ1) is 16.8. The molecule has 4 aromatic rings. The smallest absolute Gasteiger partial charge is 0.283 e. The van der Waals surface area contributed by atoms with Crippen molar-refractivity contribution in [3.8, 4) is 0 Å². The molecule has 1 radical (unpaired) electrons. The van der Waals surface area contributed by atoms with Crippen LogP contribution in [0.1, 0.15) is 33.4 Å². The molecular weight excluding hydrogens is 483 g/mol. The molecule has 0 amide bonds. The van der Waals surface area contributed by atoms with Gasteiger partial charge in [0.15, 0.2) is 16.5 Å². The molecule has 0 spiro atoms. The largest absolute Gasteiger partial charge is 0.400 e. The molecule has 0 aliphatic carbocycles. The summed E-state index contributed by atoms with van der Waals surface area (Å²) in [7, 11) is -1.72. The van der Waals surface area contributed by atoms with E-state index in [4.69, 9.17) is 20.8 Å². The second kappa shape index (κ2) is 9.42. The lowest BCUT2D eigenvalue weighted by molar-refractivity contribution is -0.0573. The Morgan fingerprint density at radius 3 is 2.29 bits per heavy atom. The van der Waals surface area contributed by atoms with Crippen LogP contribution in [0.4, 0.5) is 4.39 Å². The van der Waals surface area contributed by atoms with E-state index in [-0.39, 0.29) is 18.2 Å². The highest BCUT2D eigenvalue weighted by molar-refractivity contribution is 6.80. The Morgan fingerprint density at radius 1 is 1.06 bits per heavy atom. The first-order valence-electron chi connectivity index (χ1n) is 11.5. The summed E-state index contributed by atoms with van der Waals surface area (Å²) >= 11 is 6.16. The number of alkyl halides is 1. The van der Waals surface area contributed by atoms with Crippen molar-refractivity contribution in [3.05, 3.63) is 78.5 Å². The minimum Gasteiger partial charge on any atom is -0.400 e. The summed E-state index contributed by atoms with van der Waals surface area (Å²) in [5.41, 5.74) is -1.20. The first kappa shape index (κ1) is 24.1. The lowest BCUT2D eigenvalue weighted by Gasteiger charge is -2.40. The van der Waals surface area contributed by atoms with Crippen molar-refractivity contribution < 1.29 is 13.6 Å². The Bertz CT molecular complexity index is 1260. The predicted octanol–water partition coefficient (Wildman–Crippen LogP) is 4.34. The van der Waals surface area contributed by atoms with E-state index in [1.807, 2.05) is 57.2 Å². The van der Waals surface area contributed by atoms with Crippen molar-refractivity contribution in [1.29, 1.82) is 0 Å². The number of nitrogens with zero attached hydrogens (tertiary/aromatic N) is 4. The molecule has 1 aliphatic rings. The van der Waals surface area contributed by atoms with Gasteiger partial charge in [-0.05, 0) is 15.8 Å². The summed E-state index contributed by atoms with van der Waals surface area (Å²) in [6.07, 6.45) is 1.78. The lowest BCUT2D eigenvalue weighted by atomic mass is 9.79. The van der Waals surface area contributed by atoms with Crippen molar-refractivity contribution in [1.82, 2.24) is 19.5 Å². The highest BCUT2D eigenvalue weighted by Gasteiger charge is 2.53. The number of ether oxygens (including phenoxy) is 1. The molecule has 1 saturated heterocycles. The van der Waals surface area contributed by atoms with Gasteiger partial charge in [0.1, 0.15) is 18.1 Å². The Kier molecular flexibility index (Phi) is 6.48. The summed E-state index contributed by atoms with van der Waals surface area (Å²) in [6.45, 7) is 5.96. The van der Waals surface area contributed by atoms with E-state index >= 15 is 4.39 Å². The molecule has 1 fully saturated rings. The topological polar surface area (TPSA) is 62.1 Å². The maximum atomic E-state index is 16.9. The minimum absolute atomic E-state index is 0.0865. The third-order valence-electron chi connectivity index (χ3n) is 6.22. The van der Waals surface area contributed by atoms with Gasteiger partial charge in [-0.15, -0.1) is 0 Å². The highest BCUT2D eigenvalue weighted by atomic mass is 35.5. The van der Waals surface area contributed by atoms with Crippen LogP contribution in [0.25, 0.3) is 11.2 Å². The summed E-state index contributed by atoms with van der Waals surface area (Å²) in [6, 6.07) is 20.2. The van der Waals surface area contributed by atoms with Crippen LogP contribution < -0.4 is 10.4 Å². The van der Waals surface area contributed by atoms with E-state index < -0.39 is 32.5 Å². The van der Waals surface area contributed by atoms with E-state index in [2.05, 4.69) is 39.2 Å². The van der Waals surface area contributed by atoms with E-state index in [0.29, 0.717) is 11.2 Å². The summed E-state index contributed by atoms with van der Waals surface area (Å²) in [5.74, 6) is 0. The maximum absolute atomic E-state index is 16.9. The third-order valence-corrected chi connectivity index (χ3v) is 8.68. The fourth-order valence-corrected chi connectivity index (χ4v) is 7.27. The molecule has 3 heterocycles. The predicted molar refractivity (Wildman–Crippen MR) is 136 cm³/mol. The van der Waals surface area contributed by atoms with Gasteiger partial charge in [0, 0.05) is 6.42 Å². The number of hydrogen-bond acceptors (Lipinski definition) is 5. The second-order valence-corrected chi connectivity index (χ2v) is 12.3. The van der Waals surface area contributed by atoms with Crippen molar-refractivity contribution in [3.63, 3.8) is 0 Å². The van der Waals surface area contributed by atoms with Crippen LogP contribution in [0, 0.1) is 5.41 Å². The molecule has 2 aromatic carbocycles. The number of rotatable bonds is 6. The van der Waals surface area contributed by atoms with Crippen LogP contribution in [-0.2, 0) is 9.16 Å². The normalized spacial score (nSPS) is 21.6. The van der Waals surface area contributed by atoms with Crippen LogP contribution in [-0.4, -0.2) is 46.9 Å². The molecule has 3 atom stereocenters. The van der Waals surface area contributed by atoms with Crippen molar-refractivity contribution in [2.24, 2.45) is 5.41 Å². The zero-order valence-corrected chi connectivity index (χ0v) is 21.6. The standard InChI is InChI=1S/C26H27ClFN4O2Si/c1-25(2,3)24(34-35(18-10-6-4-7-11-18)19-12-8-5-9-13-19)26(28)14-20(33-15-26)32-17-31-21-22(27)29-16-30-23(21)32/h4-13,16-17,20,24H,14-15H2,1-3H3. The Hall–Kier alpha value is -2.65. The van der Waals surface area contributed by atoms with Crippen LogP contribution in [0.15, 0.2) is 73.3 Å². The van der Waals surface area contributed by atoms with Crippen LogP contribution >= 0.6 is 11.6 Å². The van der Waals surface area contributed by atoms with Gasteiger partial charge in [0.2, 0.25) is 0 Å². The molecule has 0 bridgehead atoms. The number of hydrogen-bond donors (Lipinski definition) is 0. The summed E-state index contributed by atoms with van der Waals surface area (Å²) in [5, 5.41) is 2.40. The van der Waals surface area contributed by atoms with Crippen LogP contribution in [0.5, 0.6) is 0 Å². The van der Waals surface area contributed by atoms with E-state index in [9.17, 15) is 0 Å². The van der Waals surface area contributed by atoms with Crippen LogP contribution in [0.2, 0.25) is 5.15 Å². The zero-order chi connectivity index (χ0) is 24.6. The average Bonchev–Trinajstić information content (AvgIpc) is 3.45. The minimum atomic E-state index is -1.72. The van der Waals surface area contributed by atoms with Gasteiger partial charge in [0.25, 0.3) is 9.04 Å². The van der Waals surface area contributed by atoms with E-state index in [0.717, 1.165) is 10.4 Å². The van der Waals surface area contributed by atoms with Gasteiger partial charge < -0.3 is 9.16 Å².